The Labute approximate surface area is 100 Å². The molecule has 3 heteroatoms. The fourth-order valence-corrected chi connectivity index (χ4v) is 1.97. The number of alkyl halides is 1. The Balaban J connectivity index is 3.02. The van der Waals surface area contributed by atoms with E-state index in [1.165, 1.54) is 11.6 Å². The molecule has 0 saturated heterocycles. The average Bonchev–Trinajstić information content (AvgIpc) is 2.17. The third-order valence-corrected chi connectivity index (χ3v) is 3.16. The van der Waals surface area contributed by atoms with Gasteiger partial charge in [-0.05, 0) is 18.6 Å². The Morgan fingerprint density at radius 2 is 2.21 bits per heavy atom. The Hall–Kier alpha value is -0.150. The van der Waals surface area contributed by atoms with E-state index in [2.05, 4.69) is 38.8 Å². The number of benzene rings is 1. The summed E-state index contributed by atoms with van der Waals surface area (Å²) in [5.41, 5.74) is 1.83. The van der Waals surface area contributed by atoms with Crippen LogP contribution in [0.5, 0.6) is 0 Å². The molecule has 0 radical (unpaired) electrons. The summed E-state index contributed by atoms with van der Waals surface area (Å²) < 4.78 is 14.2. The molecule has 0 aromatic heterocycles. The molecule has 1 aromatic rings. The molecule has 0 saturated carbocycles. The molecule has 14 heavy (non-hydrogen) atoms. The first-order chi connectivity index (χ1) is 6.67. The lowest BCUT2D eigenvalue weighted by Gasteiger charge is -2.01. The van der Waals surface area contributed by atoms with Crippen LogP contribution in [0, 0.1) is 5.82 Å². The normalized spacial score (nSPS) is 11.9. The van der Waals surface area contributed by atoms with Gasteiger partial charge in [0.2, 0.25) is 0 Å². The van der Waals surface area contributed by atoms with Gasteiger partial charge < -0.3 is 0 Å². The van der Waals surface area contributed by atoms with Gasteiger partial charge in [0.25, 0.3) is 0 Å². The quantitative estimate of drug-likeness (QED) is 0.703. The van der Waals surface area contributed by atoms with Gasteiger partial charge in [-0.3, -0.25) is 0 Å². The fraction of sp³-hybridized carbons (Fsp3) is 0.273. The van der Waals surface area contributed by atoms with Crippen molar-refractivity contribution in [3.05, 3.63) is 39.6 Å². The monoisotopic (exact) mass is 320 g/mol. The molecular formula is C11H11Br2F. The van der Waals surface area contributed by atoms with E-state index in [0.717, 1.165) is 16.2 Å². The number of halogens is 3. The van der Waals surface area contributed by atoms with Crippen molar-refractivity contribution in [2.75, 3.05) is 5.33 Å². The Bertz CT molecular complexity index is 339. The Morgan fingerprint density at radius 3 is 2.71 bits per heavy atom. The molecular weight excluding hydrogens is 311 g/mol. The minimum Gasteiger partial charge on any atom is -0.206 e. The van der Waals surface area contributed by atoms with Crippen molar-refractivity contribution in [2.24, 2.45) is 0 Å². The largest absolute Gasteiger partial charge is 0.206 e. The van der Waals surface area contributed by atoms with Gasteiger partial charge >= 0.3 is 0 Å². The van der Waals surface area contributed by atoms with Crippen molar-refractivity contribution in [3.63, 3.8) is 0 Å². The summed E-state index contributed by atoms with van der Waals surface area (Å²) in [7, 11) is 0. The maximum atomic E-state index is 13.4. The molecule has 0 heterocycles. The minimum atomic E-state index is -0.189. The van der Waals surface area contributed by atoms with E-state index in [1.807, 2.05) is 12.1 Å². The summed E-state index contributed by atoms with van der Waals surface area (Å²) in [6.45, 7) is 2.06. The molecule has 76 valence electrons. The highest BCUT2D eigenvalue weighted by atomic mass is 79.9. The second-order valence-corrected chi connectivity index (χ2v) is 4.43. The van der Waals surface area contributed by atoms with Crippen molar-refractivity contribution >= 4 is 37.9 Å². The highest BCUT2D eigenvalue weighted by Gasteiger charge is 2.00. The van der Waals surface area contributed by atoms with Gasteiger partial charge in [0.05, 0.1) is 0 Å². The van der Waals surface area contributed by atoms with Crippen LogP contribution in [0.15, 0.2) is 28.2 Å². The molecule has 0 aliphatic heterocycles. The summed E-state index contributed by atoms with van der Waals surface area (Å²) in [6, 6.07) is 5.10. The first kappa shape index (κ1) is 11.9. The lowest BCUT2D eigenvalue weighted by atomic mass is 10.1. The molecule has 1 aromatic carbocycles. The van der Waals surface area contributed by atoms with E-state index in [0.29, 0.717) is 5.56 Å². The summed E-state index contributed by atoms with van der Waals surface area (Å²) in [5, 5.41) is 0.791. The minimum absolute atomic E-state index is 0.189. The smallest absolute Gasteiger partial charge is 0.131 e. The summed E-state index contributed by atoms with van der Waals surface area (Å²) >= 11 is 6.60. The number of hydrogen-bond donors (Lipinski definition) is 0. The highest BCUT2D eigenvalue weighted by Crippen LogP contribution is 2.19. The van der Waals surface area contributed by atoms with E-state index >= 15 is 0 Å². The van der Waals surface area contributed by atoms with E-state index in [4.69, 9.17) is 0 Å². The van der Waals surface area contributed by atoms with Gasteiger partial charge in [-0.25, -0.2) is 4.39 Å². The number of rotatable bonds is 3. The summed E-state index contributed by atoms with van der Waals surface area (Å²) in [6.07, 6.45) is 2.82. The molecule has 0 N–H and O–H groups in total. The van der Waals surface area contributed by atoms with Crippen LogP contribution in [0.4, 0.5) is 4.39 Å². The predicted molar refractivity (Wildman–Crippen MR) is 66.2 cm³/mol. The molecule has 0 nitrogen and oxygen atoms in total. The molecule has 0 aliphatic carbocycles. The van der Waals surface area contributed by atoms with Gasteiger partial charge in [0, 0.05) is 15.4 Å². The number of allylic oxidation sites excluding steroid dienone is 1. The lowest BCUT2D eigenvalue weighted by Crippen LogP contribution is -1.86. The van der Waals surface area contributed by atoms with Crippen LogP contribution in [0.2, 0.25) is 0 Å². The van der Waals surface area contributed by atoms with Crippen LogP contribution in [0.1, 0.15) is 18.9 Å². The van der Waals surface area contributed by atoms with Gasteiger partial charge in [-0.1, -0.05) is 56.5 Å². The van der Waals surface area contributed by atoms with Crippen LogP contribution >= 0.6 is 31.9 Å². The van der Waals surface area contributed by atoms with Crippen LogP contribution in [-0.4, -0.2) is 5.33 Å². The molecule has 1 rings (SSSR count). The predicted octanol–water partition coefficient (Wildman–Crippen LogP) is 4.78. The first-order valence-electron chi connectivity index (χ1n) is 4.37. The second-order valence-electron chi connectivity index (χ2n) is 2.96. The van der Waals surface area contributed by atoms with Gasteiger partial charge in [0.15, 0.2) is 0 Å². The maximum absolute atomic E-state index is 13.4. The van der Waals surface area contributed by atoms with Crippen molar-refractivity contribution < 1.29 is 4.39 Å². The molecule has 0 bridgehead atoms. The van der Waals surface area contributed by atoms with Crippen LogP contribution in [0.25, 0.3) is 6.08 Å². The second kappa shape index (κ2) is 5.66. The third kappa shape index (κ3) is 3.21. The topological polar surface area (TPSA) is 0 Å². The van der Waals surface area contributed by atoms with E-state index < -0.39 is 0 Å². The van der Waals surface area contributed by atoms with E-state index in [1.54, 1.807) is 6.07 Å². The Kier molecular flexibility index (Phi) is 4.82. The summed E-state index contributed by atoms with van der Waals surface area (Å²) in [4.78, 5) is 0. The maximum Gasteiger partial charge on any atom is 0.131 e. The molecule has 0 fully saturated rings. The zero-order chi connectivity index (χ0) is 10.6. The van der Waals surface area contributed by atoms with Gasteiger partial charge in [-0.15, -0.1) is 0 Å². The van der Waals surface area contributed by atoms with E-state index in [-0.39, 0.29) is 5.82 Å². The van der Waals surface area contributed by atoms with Crippen molar-refractivity contribution in [1.82, 2.24) is 0 Å². The molecule has 0 amide bonds. The molecule has 0 unspecified atom stereocenters. The highest BCUT2D eigenvalue weighted by molar-refractivity contribution is 9.10. The van der Waals surface area contributed by atoms with Crippen molar-refractivity contribution in [3.8, 4) is 0 Å². The van der Waals surface area contributed by atoms with Crippen molar-refractivity contribution in [1.29, 1.82) is 0 Å². The lowest BCUT2D eigenvalue weighted by molar-refractivity contribution is 0.624. The third-order valence-electron chi connectivity index (χ3n) is 1.95. The first-order valence-corrected chi connectivity index (χ1v) is 6.29. The molecule has 0 aliphatic rings. The van der Waals surface area contributed by atoms with Crippen LogP contribution in [-0.2, 0) is 0 Å². The zero-order valence-electron chi connectivity index (χ0n) is 7.86. The van der Waals surface area contributed by atoms with Crippen molar-refractivity contribution in [2.45, 2.75) is 13.3 Å². The van der Waals surface area contributed by atoms with Crippen LogP contribution in [0.3, 0.4) is 0 Å². The van der Waals surface area contributed by atoms with Gasteiger partial charge in [-0.2, -0.15) is 0 Å². The average molecular weight is 322 g/mol. The Morgan fingerprint density at radius 1 is 1.50 bits per heavy atom. The van der Waals surface area contributed by atoms with Crippen LogP contribution < -0.4 is 0 Å². The fourth-order valence-electron chi connectivity index (χ4n) is 1.07. The van der Waals surface area contributed by atoms with E-state index in [9.17, 15) is 4.39 Å². The van der Waals surface area contributed by atoms with Gasteiger partial charge in [0.1, 0.15) is 5.82 Å². The molecule has 0 atom stereocenters. The molecule has 0 spiro atoms. The summed E-state index contributed by atoms with van der Waals surface area (Å²) in [5.74, 6) is -0.189. The SMILES string of the molecule is CCC(=Cc1ccc(Br)cc1F)CBr. The zero-order valence-corrected chi connectivity index (χ0v) is 11.0. The number of hydrogen-bond acceptors (Lipinski definition) is 0. The standard InChI is InChI=1S/C11H11Br2F/c1-2-8(7-12)5-9-3-4-10(13)6-11(9)14/h3-6H,2,7H2,1H3.